The molecule has 0 N–H and O–H groups in total. The van der Waals surface area contributed by atoms with E-state index in [-0.39, 0.29) is 5.56 Å². The van der Waals surface area contributed by atoms with E-state index < -0.39 is 0 Å². The van der Waals surface area contributed by atoms with Crippen LogP contribution in [0.2, 0.25) is 0 Å². The standard InChI is InChI=1S/C13H9BrN4O/c14-12-5-9(1-3-16-12)7-18-4-2-11-10(13(18)19)6-15-8-17-11/h1-6,8H,7H2. The molecule has 3 aromatic heterocycles. The molecule has 6 heteroatoms. The van der Waals surface area contributed by atoms with Gasteiger partial charge in [-0.1, -0.05) is 0 Å². The summed E-state index contributed by atoms with van der Waals surface area (Å²) in [6.07, 6.45) is 6.43. The molecule has 0 spiro atoms. The molecule has 3 aromatic rings. The molecule has 0 fully saturated rings. The Bertz CT molecular complexity index is 800. The smallest absolute Gasteiger partial charge is 0.261 e. The van der Waals surface area contributed by atoms with Gasteiger partial charge < -0.3 is 4.57 Å². The summed E-state index contributed by atoms with van der Waals surface area (Å²) < 4.78 is 2.38. The van der Waals surface area contributed by atoms with Crippen molar-refractivity contribution in [3.8, 4) is 0 Å². The first-order valence-corrected chi connectivity index (χ1v) is 6.43. The first kappa shape index (κ1) is 12.0. The third kappa shape index (κ3) is 2.39. The minimum absolute atomic E-state index is 0.0916. The molecule has 5 nitrogen and oxygen atoms in total. The van der Waals surface area contributed by atoms with Gasteiger partial charge in [-0.25, -0.2) is 15.0 Å². The van der Waals surface area contributed by atoms with Gasteiger partial charge in [-0.3, -0.25) is 4.79 Å². The Labute approximate surface area is 117 Å². The van der Waals surface area contributed by atoms with Gasteiger partial charge in [0.1, 0.15) is 10.9 Å². The van der Waals surface area contributed by atoms with Crippen molar-refractivity contribution in [2.24, 2.45) is 0 Å². The Kier molecular flexibility index (Phi) is 3.08. The van der Waals surface area contributed by atoms with Crippen molar-refractivity contribution in [2.45, 2.75) is 6.54 Å². The van der Waals surface area contributed by atoms with Crippen LogP contribution in [0.15, 0.2) is 52.5 Å². The fourth-order valence-corrected chi connectivity index (χ4v) is 2.29. The number of aromatic nitrogens is 4. The lowest BCUT2D eigenvalue weighted by Crippen LogP contribution is -2.20. The Hall–Kier alpha value is -2.08. The lowest BCUT2D eigenvalue weighted by atomic mass is 10.2. The van der Waals surface area contributed by atoms with E-state index in [4.69, 9.17) is 0 Å². The molecule has 0 atom stereocenters. The third-order valence-corrected chi connectivity index (χ3v) is 3.22. The van der Waals surface area contributed by atoms with Crippen LogP contribution in [0.5, 0.6) is 0 Å². The normalized spacial score (nSPS) is 10.8. The van der Waals surface area contributed by atoms with Crippen molar-refractivity contribution in [3.05, 3.63) is 63.6 Å². The summed E-state index contributed by atoms with van der Waals surface area (Å²) in [7, 11) is 0. The van der Waals surface area contributed by atoms with E-state index in [9.17, 15) is 4.79 Å². The second-order valence-electron chi connectivity index (χ2n) is 4.06. The van der Waals surface area contributed by atoms with E-state index in [1.807, 2.05) is 18.2 Å². The summed E-state index contributed by atoms with van der Waals surface area (Å²) in [5.41, 5.74) is 1.57. The maximum atomic E-state index is 12.3. The van der Waals surface area contributed by atoms with Gasteiger partial charge in [0, 0.05) is 18.6 Å². The molecule has 0 aliphatic heterocycles. The minimum Gasteiger partial charge on any atom is -0.310 e. The quantitative estimate of drug-likeness (QED) is 0.678. The first-order chi connectivity index (χ1) is 9.24. The predicted molar refractivity (Wildman–Crippen MR) is 74.8 cm³/mol. The van der Waals surface area contributed by atoms with Crippen molar-refractivity contribution in [1.82, 2.24) is 19.5 Å². The summed E-state index contributed by atoms with van der Waals surface area (Å²) in [5, 5.41) is 0.526. The lowest BCUT2D eigenvalue weighted by molar-refractivity contribution is 0.765. The number of nitrogens with zero attached hydrogens (tertiary/aromatic N) is 4. The number of pyridine rings is 2. The van der Waals surface area contributed by atoms with Gasteiger partial charge in [-0.15, -0.1) is 0 Å². The third-order valence-electron chi connectivity index (χ3n) is 2.79. The molecule has 0 aliphatic carbocycles. The number of hydrogen-bond donors (Lipinski definition) is 0. The highest BCUT2D eigenvalue weighted by Crippen LogP contribution is 2.10. The molecular formula is C13H9BrN4O. The van der Waals surface area contributed by atoms with Gasteiger partial charge >= 0.3 is 0 Å². The maximum absolute atomic E-state index is 12.3. The van der Waals surface area contributed by atoms with Crippen LogP contribution < -0.4 is 5.56 Å². The minimum atomic E-state index is -0.0916. The summed E-state index contributed by atoms with van der Waals surface area (Å²) >= 11 is 3.32. The van der Waals surface area contributed by atoms with Crippen molar-refractivity contribution in [2.75, 3.05) is 0 Å². The summed E-state index contributed by atoms with van der Waals surface area (Å²) in [6.45, 7) is 0.491. The maximum Gasteiger partial charge on any atom is 0.261 e. The SMILES string of the molecule is O=c1c2cncnc2ccn1Cc1ccnc(Br)c1. The van der Waals surface area contributed by atoms with Crippen molar-refractivity contribution >= 4 is 26.8 Å². The molecule has 19 heavy (non-hydrogen) atoms. The van der Waals surface area contributed by atoms with E-state index >= 15 is 0 Å². The lowest BCUT2D eigenvalue weighted by Gasteiger charge is -2.06. The molecule has 0 amide bonds. The molecule has 0 aromatic carbocycles. The van der Waals surface area contributed by atoms with E-state index in [0.29, 0.717) is 17.4 Å². The molecule has 0 radical (unpaired) electrons. The fourth-order valence-electron chi connectivity index (χ4n) is 1.88. The van der Waals surface area contributed by atoms with Crippen LogP contribution in [0.25, 0.3) is 10.9 Å². The van der Waals surface area contributed by atoms with E-state index in [2.05, 4.69) is 30.9 Å². The largest absolute Gasteiger partial charge is 0.310 e. The molecule has 3 heterocycles. The molecule has 0 saturated heterocycles. The Morgan fingerprint density at radius 3 is 3.00 bits per heavy atom. The monoisotopic (exact) mass is 316 g/mol. The molecule has 0 saturated carbocycles. The van der Waals surface area contributed by atoms with E-state index in [1.54, 1.807) is 23.2 Å². The average Bonchev–Trinajstić information content (AvgIpc) is 2.42. The highest BCUT2D eigenvalue weighted by molar-refractivity contribution is 9.10. The average molecular weight is 317 g/mol. The van der Waals surface area contributed by atoms with Crippen molar-refractivity contribution in [1.29, 1.82) is 0 Å². The Morgan fingerprint density at radius 2 is 2.16 bits per heavy atom. The van der Waals surface area contributed by atoms with Gasteiger partial charge in [-0.2, -0.15) is 0 Å². The number of rotatable bonds is 2. The molecule has 94 valence electrons. The fraction of sp³-hybridized carbons (Fsp3) is 0.0769. The van der Waals surface area contributed by atoms with Crippen molar-refractivity contribution < 1.29 is 0 Å². The van der Waals surface area contributed by atoms with Crippen molar-refractivity contribution in [3.63, 3.8) is 0 Å². The predicted octanol–water partition coefficient (Wildman–Crippen LogP) is 2.00. The second kappa shape index (κ2) is 4.89. The van der Waals surface area contributed by atoms with Crippen LogP contribution in [0, 0.1) is 0 Å². The summed E-state index contributed by atoms with van der Waals surface area (Å²) in [4.78, 5) is 24.3. The number of fused-ring (bicyclic) bond motifs is 1. The number of halogens is 1. The highest BCUT2D eigenvalue weighted by atomic mass is 79.9. The van der Waals surface area contributed by atoms with Crippen LogP contribution in [-0.2, 0) is 6.54 Å². The van der Waals surface area contributed by atoms with Crippen LogP contribution in [-0.4, -0.2) is 19.5 Å². The summed E-state index contributed by atoms with van der Waals surface area (Å²) in [6, 6.07) is 5.58. The first-order valence-electron chi connectivity index (χ1n) is 5.63. The van der Waals surface area contributed by atoms with Gasteiger partial charge in [0.15, 0.2) is 0 Å². The van der Waals surface area contributed by atoms with Crippen LogP contribution in [0.1, 0.15) is 5.56 Å². The second-order valence-corrected chi connectivity index (χ2v) is 4.87. The Morgan fingerprint density at radius 1 is 1.26 bits per heavy atom. The van der Waals surface area contributed by atoms with Gasteiger partial charge in [0.05, 0.1) is 17.4 Å². The summed E-state index contributed by atoms with van der Waals surface area (Å²) in [5.74, 6) is 0. The van der Waals surface area contributed by atoms with Crippen LogP contribution in [0.4, 0.5) is 0 Å². The van der Waals surface area contributed by atoms with Gasteiger partial charge in [0.2, 0.25) is 0 Å². The van der Waals surface area contributed by atoms with E-state index in [1.165, 1.54) is 6.33 Å². The highest BCUT2D eigenvalue weighted by Gasteiger charge is 2.04. The molecular weight excluding hydrogens is 308 g/mol. The molecule has 0 aliphatic rings. The zero-order valence-electron chi connectivity index (χ0n) is 9.82. The topological polar surface area (TPSA) is 60.7 Å². The molecule has 0 bridgehead atoms. The Balaban J connectivity index is 2.06. The number of hydrogen-bond acceptors (Lipinski definition) is 4. The van der Waals surface area contributed by atoms with E-state index in [0.717, 1.165) is 10.2 Å². The zero-order valence-corrected chi connectivity index (χ0v) is 11.4. The van der Waals surface area contributed by atoms with Gasteiger partial charge in [0.25, 0.3) is 5.56 Å². The van der Waals surface area contributed by atoms with Crippen LogP contribution in [0.3, 0.4) is 0 Å². The van der Waals surface area contributed by atoms with Crippen LogP contribution >= 0.6 is 15.9 Å². The van der Waals surface area contributed by atoms with Gasteiger partial charge in [-0.05, 0) is 39.7 Å². The zero-order chi connectivity index (χ0) is 13.2. The molecule has 0 unspecified atom stereocenters. The molecule has 3 rings (SSSR count).